The van der Waals surface area contributed by atoms with Gasteiger partial charge in [0.25, 0.3) is 0 Å². The number of hydrogen-bond donors (Lipinski definition) is 0. The smallest absolute Gasteiger partial charge is 0.227 e. The second kappa shape index (κ2) is 7.20. The average Bonchev–Trinajstić information content (AvgIpc) is 2.90. The fourth-order valence-corrected chi connectivity index (χ4v) is 3.76. The summed E-state index contributed by atoms with van der Waals surface area (Å²) in [6, 6.07) is 10.5. The summed E-state index contributed by atoms with van der Waals surface area (Å²) in [6.07, 6.45) is 5.02. The molecule has 1 unspecified atom stereocenters. The van der Waals surface area contributed by atoms with Crippen LogP contribution in [0.25, 0.3) is 5.69 Å². The molecule has 0 saturated carbocycles. The van der Waals surface area contributed by atoms with Gasteiger partial charge in [0.15, 0.2) is 0 Å². The minimum Gasteiger partial charge on any atom is -0.339 e. The number of carbonyl (C=O) groups is 1. The second-order valence-corrected chi connectivity index (χ2v) is 6.72. The molecule has 24 heavy (non-hydrogen) atoms. The number of nitrogens with zero attached hydrogens (tertiary/aromatic N) is 3. The summed E-state index contributed by atoms with van der Waals surface area (Å²) in [5.74, 6) is 0.250. The topological polar surface area (TPSA) is 38.1 Å². The largest absolute Gasteiger partial charge is 0.339 e. The lowest BCUT2D eigenvalue weighted by atomic mass is 9.98. The van der Waals surface area contributed by atoms with Crippen LogP contribution >= 0.6 is 0 Å². The third kappa shape index (κ3) is 3.23. The van der Waals surface area contributed by atoms with E-state index in [4.69, 9.17) is 0 Å². The molecule has 1 aliphatic rings. The van der Waals surface area contributed by atoms with Crippen LogP contribution in [0.4, 0.5) is 0 Å². The van der Waals surface area contributed by atoms with E-state index in [0.717, 1.165) is 48.4 Å². The van der Waals surface area contributed by atoms with E-state index in [-0.39, 0.29) is 5.91 Å². The van der Waals surface area contributed by atoms with E-state index < -0.39 is 0 Å². The van der Waals surface area contributed by atoms with Gasteiger partial charge in [-0.05, 0) is 51.7 Å². The van der Waals surface area contributed by atoms with Crippen molar-refractivity contribution in [2.45, 2.75) is 58.9 Å². The van der Waals surface area contributed by atoms with Crippen molar-refractivity contribution >= 4 is 5.91 Å². The first-order chi connectivity index (χ1) is 11.6. The summed E-state index contributed by atoms with van der Waals surface area (Å²) in [4.78, 5) is 15.0. The van der Waals surface area contributed by atoms with Crippen molar-refractivity contribution in [3.8, 4) is 5.69 Å². The van der Waals surface area contributed by atoms with Gasteiger partial charge >= 0.3 is 0 Å². The van der Waals surface area contributed by atoms with Crippen molar-refractivity contribution in [1.82, 2.24) is 14.7 Å². The van der Waals surface area contributed by atoms with Gasteiger partial charge in [-0.3, -0.25) is 4.79 Å². The standard InChI is InChI=1S/C20H27N3O/c1-4-17-10-8-9-13-22(17)20(24)14-19-15(2)21-23(16(19)3)18-11-6-5-7-12-18/h5-7,11-12,17H,4,8-10,13-14H2,1-3H3. The summed E-state index contributed by atoms with van der Waals surface area (Å²) < 4.78 is 1.95. The number of piperidine rings is 1. The molecule has 2 heterocycles. The summed E-state index contributed by atoms with van der Waals surface area (Å²) in [5.41, 5.74) is 4.14. The Hall–Kier alpha value is -2.10. The van der Waals surface area contributed by atoms with Gasteiger partial charge in [-0.25, -0.2) is 4.68 Å². The molecule has 2 aromatic rings. The van der Waals surface area contributed by atoms with E-state index >= 15 is 0 Å². The zero-order valence-electron chi connectivity index (χ0n) is 15.0. The lowest BCUT2D eigenvalue weighted by molar-refractivity contribution is -0.134. The molecule has 1 amide bonds. The first kappa shape index (κ1) is 16.7. The second-order valence-electron chi connectivity index (χ2n) is 6.72. The maximum absolute atomic E-state index is 12.9. The monoisotopic (exact) mass is 325 g/mol. The van der Waals surface area contributed by atoms with Crippen LogP contribution in [0.1, 0.15) is 49.6 Å². The van der Waals surface area contributed by atoms with Crippen molar-refractivity contribution in [2.75, 3.05) is 6.54 Å². The summed E-state index contributed by atoms with van der Waals surface area (Å²) in [5, 5.41) is 4.66. The van der Waals surface area contributed by atoms with Crippen LogP contribution in [0.2, 0.25) is 0 Å². The van der Waals surface area contributed by atoms with E-state index in [0.29, 0.717) is 12.5 Å². The van der Waals surface area contributed by atoms with Crippen LogP contribution in [0.15, 0.2) is 30.3 Å². The Labute approximate surface area is 144 Å². The molecule has 0 N–H and O–H groups in total. The molecule has 3 rings (SSSR count). The quantitative estimate of drug-likeness (QED) is 0.857. The third-order valence-corrected chi connectivity index (χ3v) is 5.19. The molecule has 1 fully saturated rings. The van der Waals surface area contributed by atoms with Crippen LogP contribution in [-0.4, -0.2) is 33.2 Å². The highest BCUT2D eigenvalue weighted by atomic mass is 16.2. The minimum atomic E-state index is 0.250. The zero-order valence-corrected chi connectivity index (χ0v) is 15.0. The van der Waals surface area contributed by atoms with Crippen LogP contribution in [0.3, 0.4) is 0 Å². The molecule has 1 aromatic carbocycles. The highest BCUT2D eigenvalue weighted by Crippen LogP contribution is 2.23. The molecule has 128 valence electrons. The van der Waals surface area contributed by atoms with E-state index in [2.05, 4.69) is 23.8 Å². The molecule has 1 saturated heterocycles. The molecular weight excluding hydrogens is 298 g/mol. The Kier molecular flexibility index (Phi) is 5.03. The normalized spacial score (nSPS) is 18.0. The number of carbonyl (C=O) groups excluding carboxylic acids is 1. The SMILES string of the molecule is CCC1CCCCN1C(=O)Cc1c(C)nn(-c2ccccc2)c1C. The molecule has 1 aromatic heterocycles. The Morgan fingerprint density at radius 3 is 2.67 bits per heavy atom. The van der Waals surface area contributed by atoms with Gasteiger partial charge < -0.3 is 4.90 Å². The Morgan fingerprint density at radius 2 is 1.96 bits per heavy atom. The maximum Gasteiger partial charge on any atom is 0.227 e. The van der Waals surface area contributed by atoms with Crippen molar-refractivity contribution in [2.24, 2.45) is 0 Å². The fraction of sp³-hybridized carbons (Fsp3) is 0.500. The average molecular weight is 325 g/mol. The molecule has 0 bridgehead atoms. The van der Waals surface area contributed by atoms with Gasteiger partial charge in [0.05, 0.1) is 17.8 Å². The van der Waals surface area contributed by atoms with E-state index in [9.17, 15) is 4.79 Å². The molecule has 0 radical (unpaired) electrons. The van der Waals surface area contributed by atoms with Crippen molar-refractivity contribution < 1.29 is 4.79 Å². The van der Waals surface area contributed by atoms with Gasteiger partial charge in [0.2, 0.25) is 5.91 Å². The van der Waals surface area contributed by atoms with Crippen LogP contribution < -0.4 is 0 Å². The molecule has 1 aliphatic heterocycles. The Morgan fingerprint density at radius 1 is 1.21 bits per heavy atom. The van der Waals surface area contributed by atoms with Crippen LogP contribution in [-0.2, 0) is 11.2 Å². The lowest BCUT2D eigenvalue weighted by Crippen LogP contribution is -2.44. The minimum absolute atomic E-state index is 0.250. The van der Waals surface area contributed by atoms with Gasteiger partial charge in [-0.2, -0.15) is 5.10 Å². The molecule has 0 spiro atoms. The predicted octanol–water partition coefficient (Wildman–Crippen LogP) is 3.82. The van der Waals surface area contributed by atoms with Crippen LogP contribution in [0, 0.1) is 13.8 Å². The number of hydrogen-bond acceptors (Lipinski definition) is 2. The molecule has 1 atom stereocenters. The van der Waals surface area contributed by atoms with E-state index in [1.165, 1.54) is 6.42 Å². The van der Waals surface area contributed by atoms with Crippen molar-refractivity contribution in [3.63, 3.8) is 0 Å². The van der Waals surface area contributed by atoms with Gasteiger partial charge in [-0.1, -0.05) is 25.1 Å². The van der Waals surface area contributed by atoms with Gasteiger partial charge in [0, 0.05) is 23.8 Å². The van der Waals surface area contributed by atoms with Crippen molar-refractivity contribution in [3.05, 3.63) is 47.3 Å². The predicted molar refractivity (Wildman–Crippen MR) is 96.4 cm³/mol. The first-order valence-electron chi connectivity index (χ1n) is 9.01. The number of para-hydroxylation sites is 1. The molecular formula is C20H27N3O. The van der Waals surface area contributed by atoms with Crippen molar-refractivity contribution in [1.29, 1.82) is 0 Å². The van der Waals surface area contributed by atoms with Gasteiger partial charge in [-0.15, -0.1) is 0 Å². The number of benzene rings is 1. The highest BCUT2D eigenvalue weighted by Gasteiger charge is 2.26. The number of aromatic nitrogens is 2. The highest BCUT2D eigenvalue weighted by molar-refractivity contribution is 5.79. The zero-order chi connectivity index (χ0) is 17.1. The Bertz CT molecular complexity index is 705. The van der Waals surface area contributed by atoms with Gasteiger partial charge in [0.1, 0.15) is 0 Å². The lowest BCUT2D eigenvalue weighted by Gasteiger charge is -2.35. The third-order valence-electron chi connectivity index (χ3n) is 5.19. The number of likely N-dealkylation sites (tertiary alicyclic amines) is 1. The summed E-state index contributed by atoms with van der Waals surface area (Å²) >= 11 is 0. The van der Waals surface area contributed by atoms with E-state index in [1.54, 1.807) is 0 Å². The molecule has 0 aliphatic carbocycles. The Balaban J connectivity index is 1.83. The maximum atomic E-state index is 12.9. The summed E-state index contributed by atoms with van der Waals surface area (Å²) in [6.45, 7) is 7.15. The molecule has 4 nitrogen and oxygen atoms in total. The number of rotatable bonds is 4. The first-order valence-corrected chi connectivity index (χ1v) is 9.01. The number of aryl methyl sites for hydroxylation is 1. The van der Waals surface area contributed by atoms with Crippen LogP contribution in [0.5, 0.6) is 0 Å². The summed E-state index contributed by atoms with van der Waals surface area (Å²) in [7, 11) is 0. The number of amides is 1. The molecule has 4 heteroatoms. The van der Waals surface area contributed by atoms with E-state index in [1.807, 2.05) is 41.9 Å². The fourth-order valence-electron chi connectivity index (χ4n) is 3.76.